The molecule has 0 aliphatic carbocycles. The Hall–Kier alpha value is -1.88. The largest absolute Gasteiger partial charge is 0.481 e. The number of aliphatic imine (C=N–C) groups is 1. The second-order valence-corrected chi connectivity index (χ2v) is 4.82. The number of rotatable bonds is 4. The fourth-order valence-electron chi connectivity index (χ4n) is 1.43. The van der Waals surface area contributed by atoms with Crippen molar-refractivity contribution in [1.82, 2.24) is 0 Å². The number of carboxylic acid groups (broad SMARTS) is 1. The fourth-order valence-corrected chi connectivity index (χ4v) is 1.66. The van der Waals surface area contributed by atoms with Gasteiger partial charge in [-0.2, -0.15) is 0 Å². The van der Waals surface area contributed by atoms with Crippen LogP contribution in [-0.2, 0) is 4.79 Å². The van der Waals surface area contributed by atoms with Crippen molar-refractivity contribution >= 4 is 29.6 Å². The lowest BCUT2D eigenvalue weighted by molar-refractivity contribution is -0.134. The average molecular weight is 298 g/mol. The quantitative estimate of drug-likeness (QED) is 0.588. The predicted molar refractivity (Wildman–Crippen MR) is 83.2 cm³/mol. The van der Waals surface area contributed by atoms with Crippen LogP contribution in [-0.4, -0.2) is 29.7 Å². The number of nitrogens with two attached hydrogens (primary N) is 1. The normalized spacial score (nSPS) is 10.2. The van der Waals surface area contributed by atoms with Crippen LogP contribution in [0.4, 0.5) is 0 Å². The molecule has 6 heteroatoms. The number of benzene rings is 1. The molecule has 110 valence electrons. The molecule has 1 rings (SSSR count). The number of nitrogens with one attached hydrogen (secondary N) is 1. The van der Waals surface area contributed by atoms with Crippen LogP contribution in [0.3, 0.4) is 0 Å². The molecule has 0 bridgehead atoms. The molecule has 0 amide bonds. The molecular weight excluding hydrogens is 278 g/mol. The Morgan fingerprint density at radius 2 is 2.10 bits per heavy atom. The maximum atomic E-state index is 9.00. The van der Waals surface area contributed by atoms with Gasteiger partial charge in [0.2, 0.25) is 0 Å². The van der Waals surface area contributed by atoms with Gasteiger partial charge in [-0.05, 0) is 17.5 Å². The van der Waals surface area contributed by atoms with Gasteiger partial charge in [0.15, 0.2) is 0 Å². The smallest absolute Gasteiger partial charge is 0.300 e. The average Bonchev–Trinajstić information content (AvgIpc) is 2.29. The van der Waals surface area contributed by atoms with E-state index in [2.05, 4.69) is 18.8 Å². The molecule has 0 aliphatic heterocycles. The van der Waals surface area contributed by atoms with E-state index in [9.17, 15) is 0 Å². The van der Waals surface area contributed by atoms with Crippen LogP contribution in [0.1, 0.15) is 37.8 Å². The highest BCUT2D eigenvalue weighted by Gasteiger charge is 2.07. The highest BCUT2D eigenvalue weighted by molar-refractivity contribution is 6.33. The molecule has 0 spiro atoms. The van der Waals surface area contributed by atoms with Gasteiger partial charge in [0.25, 0.3) is 5.97 Å². The molecule has 0 saturated carbocycles. The first-order chi connectivity index (χ1) is 9.25. The van der Waals surface area contributed by atoms with E-state index < -0.39 is 5.97 Å². The molecule has 0 aliphatic rings. The molecule has 5 nitrogen and oxygen atoms in total. The summed E-state index contributed by atoms with van der Waals surface area (Å²) in [5.74, 6) is -0.396. The monoisotopic (exact) mass is 297 g/mol. The SMILES string of the molecule is CC(=O)O.CC(C)c1cccc(Cl)c1C=NCC(=N)N. The molecule has 20 heavy (non-hydrogen) atoms. The summed E-state index contributed by atoms with van der Waals surface area (Å²) in [6.45, 7) is 5.50. The Kier molecular flexibility index (Phi) is 8.24. The van der Waals surface area contributed by atoms with E-state index in [-0.39, 0.29) is 12.4 Å². The molecule has 1 aromatic carbocycles. The summed E-state index contributed by atoms with van der Waals surface area (Å²) in [6, 6.07) is 5.80. The third kappa shape index (κ3) is 7.53. The van der Waals surface area contributed by atoms with Crippen molar-refractivity contribution in [3.05, 3.63) is 34.3 Å². The van der Waals surface area contributed by atoms with Crippen molar-refractivity contribution < 1.29 is 9.90 Å². The number of nitrogens with zero attached hydrogens (tertiary/aromatic N) is 1. The van der Waals surface area contributed by atoms with Gasteiger partial charge < -0.3 is 10.8 Å². The van der Waals surface area contributed by atoms with Crippen molar-refractivity contribution in [3.63, 3.8) is 0 Å². The van der Waals surface area contributed by atoms with E-state index in [0.29, 0.717) is 10.9 Å². The summed E-state index contributed by atoms with van der Waals surface area (Å²) in [4.78, 5) is 13.1. The topological polar surface area (TPSA) is 99.5 Å². The third-order valence-electron chi connectivity index (χ3n) is 2.19. The highest BCUT2D eigenvalue weighted by Crippen LogP contribution is 2.24. The molecule has 0 radical (unpaired) electrons. The van der Waals surface area contributed by atoms with E-state index in [4.69, 9.17) is 32.6 Å². The highest BCUT2D eigenvalue weighted by atomic mass is 35.5. The zero-order valence-corrected chi connectivity index (χ0v) is 12.6. The first-order valence-electron chi connectivity index (χ1n) is 6.06. The molecule has 0 aromatic heterocycles. The Morgan fingerprint density at radius 1 is 1.55 bits per heavy atom. The number of carboxylic acids is 1. The maximum Gasteiger partial charge on any atom is 0.300 e. The third-order valence-corrected chi connectivity index (χ3v) is 2.52. The summed E-state index contributed by atoms with van der Waals surface area (Å²) < 4.78 is 0. The van der Waals surface area contributed by atoms with Gasteiger partial charge in [-0.15, -0.1) is 0 Å². The number of carbonyl (C=O) groups is 1. The van der Waals surface area contributed by atoms with Crippen LogP contribution >= 0.6 is 11.6 Å². The zero-order chi connectivity index (χ0) is 15.7. The molecule has 4 N–H and O–H groups in total. The van der Waals surface area contributed by atoms with Gasteiger partial charge >= 0.3 is 0 Å². The first kappa shape index (κ1) is 18.1. The van der Waals surface area contributed by atoms with Crippen molar-refractivity contribution in [2.24, 2.45) is 10.7 Å². The van der Waals surface area contributed by atoms with Gasteiger partial charge in [-0.3, -0.25) is 15.2 Å². The first-order valence-corrected chi connectivity index (χ1v) is 6.44. The number of amidine groups is 1. The second-order valence-electron chi connectivity index (χ2n) is 4.41. The Bertz CT molecular complexity index is 495. The van der Waals surface area contributed by atoms with Crippen molar-refractivity contribution in [1.29, 1.82) is 5.41 Å². The predicted octanol–water partition coefficient (Wildman–Crippen LogP) is 2.91. The number of aliphatic carboxylic acids is 1. The van der Waals surface area contributed by atoms with Crippen molar-refractivity contribution in [3.8, 4) is 0 Å². The zero-order valence-electron chi connectivity index (χ0n) is 11.9. The Balaban J connectivity index is 0.000000796. The van der Waals surface area contributed by atoms with Crippen LogP contribution in [0.15, 0.2) is 23.2 Å². The van der Waals surface area contributed by atoms with Crippen LogP contribution in [0.5, 0.6) is 0 Å². The van der Waals surface area contributed by atoms with Gasteiger partial charge in [-0.25, -0.2) is 0 Å². The molecule has 0 atom stereocenters. The lowest BCUT2D eigenvalue weighted by Crippen LogP contribution is -2.13. The molecule has 0 heterocycles. The minimum atomic E-state index is -0.833. The summed E-state index contributed by atoms with van der Waals surface area (Å²) in [5.41, 5.74) is 7.30. The van der Waals surface area contributed by atoms with Crippen LogP contribution in [0.25, 0.3) is 0 Å². The van der Waals surface area contributed by atoms with E-state index in [1.165, 1.54) is 0 Å². The van der Waals surface area contributed by atoms with E-state index in [1.807, 2.05) is 18.2 Å². The molecular formula is C14H20ClN3O2. The molecule has 1 aromatic rings. The van der Waals surface area contributed by atoms with Gasteiger partial charge in [0, 0.05) is 23.7 Å². The molecule has 0 saturated heterocycles. The summed E-state index contributed by atoms with van der Waals surface area (Å²) in [6.07, 6.45) is 1.69. The van der Waals surface area contributed by atoms with Gasteiger partial charge in [0.1, 0.15) is 5.84 Å². The van der Waals surface area contributed by atoms with Crippen molar-refractivity contribution in [2.75, 3.05) is 6.54 Å². The maximum absolute atomic E-state index is 9.00. The minimum absolute atomic E-state index is 0.0504. The van der Waals surface area contributed by atoms with E-state index in [0.717, 1.165) is 18.1 Å². The van der Waals surface area contributed by atoms with Gasteiger partial charge in [-0.1, -0.05) is 37.6 Å². The Morgan fingerprint density at radius 3 is 2.55 bits per heavy atom. The van der Waals surface area contributed by atoms with E-state index in [1.54, 1.807) is 6.21 Å². The summed E-state index contributed by atoms with van der Waals surface area (Å²) in [7, 11) is 0. The summed E-state index contributed by atoms with van der Waals surface area (Å²) in [5, 5.41) is 15.2. The molecule has 0 unspecified atom stereocenters. The number of hydrogen-bond donors (Lipinski definition) is 3. The van der Waals surface area contributed by atoms with E-state index >= 15 is 0 Å². The second kappa shape index (κ2) is 9.09. The summed E-state index contributed by atoms with van der Waals surface area (Å²) >= 11 is 6.11. The standard InChI is InChI=1S/C12H16ClN3.C2H4O2/c1-8(2)9-4-3-5-11(13)10(9)6-16-7-12(14)15;1-2(3)4/h3-6,8H,7H2,1-2H3,(H3,14,15);1H3,(H,3,4). The number of hydrogen-bond acceptors (Lipinski definition) is 3. The van der Waals surface area contributed by atoms with Crippen LogP contribution in [0, 0.1) is 5.41 Å². The van der Waals surface area contributed by atoms with Crippen molar-refractivity contribution in [2.45, 2.75) is 26.7 Å². The minimum Gasteiger partial charge on any atom is -0.481 e. The lowest BCUT2D eigenvalue weighted by atomic mass is 9.98. The fraction of sp³-hybridized carbons (Fsp3) is 0.357. The van der Waals surface area contributed by atoms with Crippen LogP contribution < -0.4 is 5.73 Å². The molecule has 0 fully saturated rings. The van der Waals surface area contributed by atoms with Crippen LogP contribution in [0.2, 0.25) is 5.02 Å². The Labute approximate surface area is 124 Å². The van der Waals surface area contributed by atoms with Gasteiger partial charge in [0.05, 0.1) is 6.54 Å². The number of halogens is 1. The lowest BCUT2D eigenvalue weighted by Gasteiger charge is -2.10.